The highest BCUT2D eigenvalue weighted by molar-refractivity contribution is 7.20. The topological polar surface area (TPSA) is 116 Å². The Morgan fingerprint density at radius 2 is 2.15 bits per heavy atom. The molecule has 1 aromatic carbocycles. The average molecular weight is 388 g/mol. The summed E-state index contributed by atoms with van der Waals surface area (Å²) in [4.78, 5) is 25.0. The molecule has 2 heterocycles. The van der Waals surface area contributed by atoms with Crippen molar-refractivity contribution in [1.29, 1.82) is 0 Å². The maximum atomic E-state index is 12.8. The monoisotopic (exact) mass is 388 g/mol. The number of carbonyl (C=O) groups is 2. The van der Waals surface area contributed by atoms with E-state index in [1.165, 1.54) is 11.3 Å². The molecule has 0 aliphatic carbocycles. The van der Waals surface area contributed by atoms with Crippen LogP contribution in [0.1, 0.15) is 35.2 Å². The van der Waals surface area contributed by atoms with E-state index in [0.717, 1.165) is 48.4 Å². The molecular formula is C19H24N4O3S. The molecule has 0 unspecified atom stereocenters. The van der Waals surface area contributed by atoms with Crippen LogP contribution in [0.2, 0.25) is 0 Å². The molecule has 8 heteroatoms. The Morgan fingerprint density at radius 3 is 2.93 bits per heavy atom. The van der Waals surface area contributed by atoms with E-state index in [0.29, 0.717) is 10.6 Å². The highest BCUT2D eigenvalue weighted by Crippen LogP contribution is 2.36. The first kappa shape index (κ1) is 19.3. The lowest BCUT2D eigenvalue weighted by atomic mass is 10.1. The Bertz CT molecular complexity index is 813. The maximum Gasteiger partial charge on any atom is 0.317 e. The van der Waals surface area contributed by atoms with Crippen molar-refractivity contribution in [3.8, 4) is 10.4 Å². The van der Waals surface area contributed by atoms with Crippen LogP contribution in [0.4, 0.5) is 9.80 Å². The van der Waals surface area contributed by atoms with Crippen molar-refractivity contribution in [1.82, 2.24) is 10.6 Å². The van der Waals surface area contributed by atoms with Crippen molar-refractivity contribution in [2.75, 3.05) is 18.4 Å². The van der Waals surface area contributed by atoms with E-state index in [2.05, 4.69) is 16.0 Å². The summed E-state index contributed by atoms with van der Waals surface area (Å²) in [5, 5.41) is 18.7. The van der Waals surface area contributed by atoms with E-state index >= 15 is 0 Å². The minimum absolute atomic E-state index is 0.0579. The minimum Gasteiger partial charge on any atom is -0.392 e. The Hall–Kier alpha value is -2.42. The van der Waals surface area contributed by atoms with Gasteiger partial charge in [0.1, 0.15) is 5.00 Å². The molecule has 1 aliphatic heterocycles. The number of urea groups is 1. The molecule has 1 aliphatic rings. The van der Waals surface area contributed by atoms with E-state index in [9.17, 15) is 14.7 Å². The van der Waals surface area contributed by atoms with Gasteiger partial charge in [-0.2, -0.15) is 0 Å². The van der Waals surface area contributed by atoms with Gasteiger partial charge in [-0.05, 0) is 42.6 Å². The fourth-order valence-corrected chi connectivity index (χ4v) is 4.19. The Morgan fingerprint density at radius 1 is 1.30 bits per heavy atom. The van der Waals surface area contributed by atoms with Gasteiger partial charge in [0.05, 0.1) is 12.2 Å². The van der Waals surface area contributed by atoms with E-state index in [-0.39, 0.29) is 18.6 Å². The number of nitrogens with one attached hydrogen (secondary N) is 3. The van der Waals surface area contributed by atoms with Gasteiger partial charge in [0.15, 0.2) is 0 Å². The number of aliphatic hydroxyl groups excluding tert-OH is 1. The normalized spacial score (nSPS) is 17.1. The zero-order chi connectivity index (χ0) is 19.2. The second-order valence-electron chi connectivity index (χ2n) is 6.57. The summed E-state index contributed by atoms with van der Waals surface area (Å²) in [5.41, 5.74) is 7.32. The number of primary amides is 1. The standard InChI is InChI=1S/C19H24N4O3S/c20-19(26)23-18-15(17(25)22-14-6-1-2-7-21-10-14)9-16(27-18)13-5-3-4-12(8-13)11-24/h3-5,8-9,14,21,24H,1-2,6-7,10-11H2,(H,22,25)(H3,20,23,26)/t14-/m0/s1. The molecule has 0 spiro atoms. The molecule has 3 rings (SSSR count). The molecule has 3 amide bonds. The summed E-state index contributed by atoms with van der Waals surface area (Å²) in [6.45, 7) is 1.64. The second-order valence-corrected chi connectivity index (χ2v) is 7.62. The molecule has 1 fully saturated rings. The first-order valence-electron chi connectivity index (χ1n) is 8.99. The van der Waals surface area contributed by atoms with Crippen molar-refractivity contribution < 1.29 is 14.7 Å². The molecule has 0 bridgehead atoms. The van der Waals surface area contributed by atoms with E-state index in [1.54, 1.807) is 6.07 Å². The molecule has 6 N–H and O–H groups in total. The molecule has 1 saturated heterocycles. The SMILES string of the molecule is NC(=O)Nc1sc(-c2cccc(CO)c2)cc1C(=O)N[C@H]1CCCCNC1. The number of hydrogen-bond acceptors (Lipinski definition) is 5. The number of anilines is 1. The van der Waals surface area contributed by atoms with Crippen LogP contribution in [0.25, 0.3) is 10.4 Å². The molecule has 27 heavy (non-hydrogen) atoms. The van der Waals surface area contributed by atoms with Gasteiger partial charge in [0.2, 0.25) is 0 Å². The zero-order valence-electron chi connectivity index (χ0n) is 15.0. The van der Waals surface area contributed by atoms with E-state index in [4.69, 9.17) is 5.73 Å². The molecular weight excluding hydrogens is 364 g/mol. The van der Waals surface area contributed by atoms with E-state index < -0.39 is 6.03 Å². The maximum absolute atomic E-state index is 12.8. The highest BCUT2D eigenvalue weighted by Gasteiger charge is 2.21. The quantitative estimate of drug-likeness (QED) is 0.540. The molecule has 144 valence electrons. The molecule has 0 radical (unpaired) electrons. The fraction of sp³-hybridized carbons (Fsp3) is 0.368. The summed E-state index contributed by atoms with van der Waals surface area (Å²) < 4.78 is 0. The van der Waals surface area contributed by atoms with Gasteiger partial charge in [0.25, 0.3) is 5.91 Å². The van der Waals surface area contributed by atoms with E-state index in [1.807, 2.05) is 24.3 Å². The van der Waals surface area contributed by atoms with Crippen LogP contribution in [0, 0.1) is 0 Å². The van der Waals surface area contributed by atoms with Crippen LogP contribution in [-0.2, 0) is 6.61 Å². The lowest BCUT2D eigenvalue weighted by Crippen LogP contribution is -2.41. The number of rotatable bonds is 5. The smallest absolute Gasteiger partial charge is 0.317 e. The number of benzene rings is 1. The summed E-state index contributed by atoms with van der Waals surface area (Å²) in [5.74, 6) is -0.228. The number of amides is 3. The predicted molar refractivity (Wildman–Crippen MR) is 107 cm³/mol. The summed E-state index contributed by atoms with van der Waals surface area (Å²) in [6.07, 6.45) is 3.09. The van der Waals surface area contributed by atoms with Gasteiger partial charge >= 0.3 is 6.03 Å². The first-order chi connectivity index (χ1) is 13.1. The minimum atomic E-state index is -0.710. The van der Waals surface area contributed by atoms with Crippen LogP contribution in [0.3, 0.4) is 0 Å². The number of aliphatic hydroxyl groups is 1. The van der Waals surface area contributed by atoms with Gasteiger partial charge in [-0.25, -0.2) is 4.79 Å². The van der Waals surface area contributed by atoms with Crippen LogP contribution in [-0.4, -0.2) is 36.2 Å². The third-order valence-electron chi connectivity index (χ3n) is 4.49. The van der Waals surface area contributed by atoms with Crippen molar-refractivity contribution in [2.45, 2.75) is 31.9 Å². The summed E-state index contributed by atoms with van der Waals surface area (Å²) in [7, 11) is 0. The van der Waals surface area contributed by atoms with Gasteiger partial charge in [0, 0.05) is 17.5 Å². The average Bonchev–Trinajstić information content (AvgIpc) is 2.90. The number of thiophene rings is 1. The molecule has 0 saturated carbocycles. The summed E-state index contributed by atoms with van der Waals surface area (Å²) >= 11 is 1.28. The van der Waals surface area contributed by atoms with Crippen LogP contribution >= 0.6 is 11.3 Å². The zero-order valence-corrected chi connectivity index (χ0v) is 15.8. The third-order valence-corrected chi connectivity index (χ3v) is 5.59. The van der Waals surface area contributed by atoms with Crippen molar-refractivity contribution in [3.63, 3.8) is 0 Å². The first-order valence-corrected chi connectivity index (χ1v) is 9.80. The second kappa shape index (κ2) is 8.98. The van der Waals surface area contributed by atoms with Crippen molar-refractivity contribution in [3.05, 3.63) is 41.5 Å². The van der Waals surface area contributed by atoms with Gasteiger partial charge in [-0.1, -0.05) is 24.6 Å². The van der Waals surface area contributed by atoms with Crippen molar-refractivity contribution >= 4 is 28.3 Å². The van der Waals surface area contributed by atoms with Crippen LogP contribution in [0.5, 0.6) is 0 Å². The highest BCUT2D eigenvalue weighted by atomic mass is 32.1. The number of carbonyl (C=O) groups excluding carboxylic acids is 2. The Labute approximate surface area is 162 Å². The fourth-order valence-electron chi connectivity index (χ4n) is 3.14. The van der Waals surface area contributed by atoms with Gasteiger partial charge in [-0.3, -0.25) is 10.1 Å². The molecule has 2 aromatic rings. The lowest BCUT2D eigenvalue weighted by Gasteiger charge is -2.16. The molecule has 1 atom stereocenters. The summed E-state index contributed by atoms with van der Waals surface area (Å²) in [6, 6.07) is 8.53. The Kier molecular flexibility index (Phi) is 6.44. The van der Waals surface area contributed by atoms with Crippen LogP contribution < -0.4 is 21.7 Å². The third kappa shape index (κ3) is 5.06. The van der Waals surface area contributed by atoms with Gasteiger partial charge in [-0.15, -0.1) is 11.3 Å². The number of hydrogen-bond donors (Lipinski definition) is 5. The lowest BCUT2D eigenvalue weighted by molar-refractivity contribution is 0.0937. The Balaban J connectivity index is 1.86. The predicted octanol–water partition coefficient (Wildman–Crippen LogP) is 2.27. The van der Waals surface area contributed by atoms with Crippen molar-refractivity contribution in [2.24, 2.45) is 5.73 Å². The number of nitrogens with two attached hydrogens (primary N) is 1. The largest absolute Gasteiger partial charge is 0.392 e. The van der Waals surface area contributed by atoms with Gasteiger partial charge < -0.3 is 21.5 Å². The van der Waals surface area contributed by atoms with Crippen LogP contribution in [0.15, 0.2) is 30.3 Å². The molecule has 1 aromatic heterocycles. The molecule has 7 nitrogen and oxygen atoms in total.